The van der Waals surface area contributed by atoms with Crippen molar-refractivity contribution in [1.29, 1.82) is 0 Å². The molecule has 0 radical (unpaired) electrons. The van der Waals surface area contributed by atoms with Gasteiger partial charge in [0, 0.05) is 12.5 Å². The second-order valence-electron chi connectivity index (χ2n) is 4.71. The van der Waals surface area contributed by atoms with Crippen molar-refractivity contribution in [3.05, 3.63) is 56.9 Å². The van der Waals surface area contributed by atoms with Crippen LogP contribution >= 0.6 is 23.2 Å². The van der Waals surface area contributed by atoms with Crippen LogP contribution in [0.2, 0.25) is 10.0 Å². The highest BCUT2D eigenvalue weighted by molar-refractivity contribution is 6.42. The van der Waals surface area contributed by atoms with E-state index in [1.165, 1.54) is 13.0 Å². The van der Waals surface area contributed by atoms with Crippen LogP contribution in [-0.4, -0.2) is 11.0 Å². The van der Waals surface area contributed by atoms with Gasteiger partial charge >= 0.3 is 11.6 Å². The molecule has 0 aliphatic heterocycles. The fourth-order valence-electron chi connectivity index (χ4n) is 2.03. The average molecular weight is 350 g/mol. The topological polar surface area (TPSA) is 69.4 Å². The summed E-state index contributed by atoms with van der Waals surface area (Å²) in [5, 5.41) is 0.941. The van der Waals surface area contributed by atoms with Crippen LogP contribution in [-0.2, 0) is 4.79 Å². The van der Waals surface area contributed by atoms with Crippen molar-refractivity contribution in [2.75, 3.05) is 0 Å². The SMILES string of the molecule is CC(=O)Oc1ccc2nc(-c3ccc(Cl)c(Cl)c3)oc(=O)c2c1. The lowest BCUT2D eigenvalue weighted by atomic mass is 10.2. The van der Waals surface area contributed by atoms with Gasteiger partial charge < -0.3 is 9.15 Å². The maximum Gasteiger partial charge on any atom is 0.347 e. The summed E-state index contributed by atoms with van der Waals surface area (Å²) in [6, 6.07) is 9.34. The van der Waals surface area contributed by atoms with E-state index in [4.69, 9.17) is 32.4 Å². The molecule has 1 heterocycles. The van der Waals surface area contributed by atoms with Gasteiger partial charge in [0.05, 0.1) is 20.9 Å². The molecule has 0 fully saturated rings. The lowest BCUT2D eigenvalue weighted by molar-refractivity contribution is -0.131. The summed E-state index contributed by atoms with van der Waals surface area (Å²) in [4.78, 5) is 27.4. The van der Waals surface area contributed by atoms with E-state index in [-0.39, 0.29) is 17.0 Å². The summed E-state index contributed by atoms with van der Waals surface area (Å²) >= 11 is 11.8. The lowest BCUT2D eigenvalue weighted by Crippen LogP contribution is -2.05. The summed E-state index contributed by atoms with van der Waals surface area (Å²) < 4.78 is 10.2. The van der Waals surface area contributed by atoms with Gasteiger partial charge in [0.25, 0.3) is 0 Å². The van der Waals surface area contributed by atoms with E-state index in [0.29, 0.717) is 21.1 Å². The van der Waals surface area contributed by atoms with Gasteiger partial charge in [-0.15, -0.1) is 0 Å². The molecule has 0 unspecified atom stereocenters. The molecule has 2 aromatic carbocycles. The molecule has 0 amide bonds. The van der Waals surface area contributed by atoms with E-state index in [9.17, 15) is 9.59 Å². The molecule has 7 heteroatoms. The van der Waals surface area contributed by atoms with Gasteiger partial charge in [-0.1, -0.05) is 23.2 Å². The third-order valence-electron chi connectivity index (χ3n) is 3.03. The molecule has 0 saturated heterocycles. The number of benzene rings is 2. The van der Waals surface area contributed by atoms with Gasteiger partial charge in [0.1, 0.15) is 5.75 Å². The Kier molecular flexibility index (Phi) is 4.07. The number of carbonyl (C=O) groups excluding carboxylic acids is 1. The second-order valence-corrected chi connectivity index (χ2v) is 5.52. The Hall–Kier alpha value is -2.37. The molecule has 1 aromatic heterocycles. The number of carbonyl (C=O) groups is 1. The Balaban J connectivity index is 2.12. The first-order chi connectivity index (χ1) is 10.9. The molecule has 0 aliphatic rings. The molecule has 23 heavy (non-hydrogen) atoms. The number of nitrogens with zero attached hydrogens (tertiary/aromatic N) is 1. The normalized spacial score (nSPS) is 10.7. The number of ether oxygens (including phenoxy) is 1. The molecule has 5 nitrogen and oxygen atoms in total. The Morgan fingerprint density at radius 3 is 2.61 bits per heavy atom. The zero-order valence-electron chi connectivity index (χ0n) is 11.8. The van der Waals surface area contributed by atoms with E-state index < -0.39 is 11.6 Å². The molecule has 0 spiro atoms. The Morgan fingerprint density at radius 2 is 1.91 bits per heavy atom. The van der Waals surface area contributed by atoms with Crippen molar-refractivity contribution in [3.63, 3.8) is 0 Å². The standard InChI is InChI=1S/C16H9Cl2NO4/c1-8(20)22-10-3-5-14-11(7-10)16(21)23-15(19-14)9-2-4-12(17)13(18)6-9/h2-7H,1H3. The van der Waals surface area contributed by atoms with Crippen molar-refractivity contribution in [2.45, 2.75) is 6.92 Å². The lowest BCUT2D eigenvalue weighted by Gasteiger charge is -2.05. The first-order valence-electron chi connectivity index (χ1n) is 6.53. The van der Waals surface area contributed by atoms with Crippen molar-refractivity contribution in [2.24, 2.45) is 0 Å². The molecule has 0 atom stereocenters. The summed E-state index contributed by atoms with van der Waals surface area (Å²) in [6.07, 6.45) is 0. The predicted octanol–water partition coefficient (Wildman–Crippen LogP) is 4.09. The van der Waals surface area contributed by atoms with Gasteiger partial charge in [-0.2, -0.15) is 0 Å². The van der Waals surface area contributed by atoms with E-state index in [0.717, 1.165) is 0 Å². The first kappa shape index (κ1) is 15.5. The predicted molar refractivity (Wildman–Crippen MR) is 87.0 cm³/mol. The fraction of sp³-hybridized carbons (Fsp3) is 0.0625. The Morgan fingerprint density at radius 1 is 1.13 bits per heavy atom. The van der Waals surface area contributed by atoms with Crippen LogP contribution in [0.4, 0.5) is 0 Å². The zero-order chi connectivity index (χ0) is 16.6. The molecular formula is C16H9Cl2NO4. The first-order valence-corrected chi connectivity index (χ1v) is 7.28. The molecule has 0 N–H and O–H groups in total. The third kappa shape index (κ3) is 3.21. The van der Waals surface area contributed by atoms with Crippen molar-refractivity contribution in [1.82, 2.24) is 4.98 Å². The summed E-state index contributed by atoms with van der Waals surface area (Å²) in [5.41, 5.74) is 0.353. The molecular weight excluding hydrogens is 341 g/mol. The summed E-state index contributed by atoms with van der Waals surface area (Å²) in [5.74, 6) is -0.100. The van der Waals surface area contributed by atoms with Crippen molar-refractivity contribution in [3.8, 4) is 17.2 Å². The molecule has 3 rings (SSSR count). The smallest absolute Gasteiger partial charge is 0.347 e. The quantitative estimate of drug-likeness (QED) is 0.514. The number of fused-ring (bicyclic) bond motifs is 1. The van der Waals surface area contributed by atoms with Crippen molar-refractivity contribution >= 4 is 40.1 Å². The van der Waals surface area contributed by atoms with Crippen LogP contribution in [0, 0.1) is 0 Å². The van der Waals surface area contributed by atoms with Crippen LogP contribution in [0.5, 0.6) is 5.75 Å². The minimum Gasteiger partial charge on any atom is -0.427 e. The fourth-order valence-corrected chi connectivity index (χ4v) is 2.33. The highest BCUT2D eigenvalue weighted by atomic mass is 35.5. The molecule has 0 aliphatic carbocycles. The summed E-state index contributed by atoms with van der Waals surface area (Å²) in [7, 11) is 0. The number of aromatic nitrogens is 1. The highest BCUT2D eigenvalue weighted by Crippen LogP contribution is 2.28. The van der Waals surface area contributed by atoms with Gasteiger partial charge in [-0.3, -0.25) is 4.79 Å². The minimum atomic E-state index is -0.593. The van der Waals surface area contributed by atoms with Gasteiger partial charge in [-0.25, -0.2) is 9.78 Å². The molecule has 0 bridgehead atoms. The number of rotatable bonds is 2. The van der Waals surface area contributed by atoms with Crippen LogP contribution in [0.3, 0.4) is 0 Å². The van der Waals surface area contributed by atoms with Gasteiger partial charge in [-0.05, 0) is 36.4 Å². The van der Waals surface area contributed by atoms with Crippen LogP contribution in [0.15, 0.2) is 45.6 Å². The number of hydrogen-bond donors (Lipinski definition) is 0. The van der Waals surface area contributed by atoms with Gasteiger partial charge in [0.2, 0.25) is 5.89 Å². The maximum absolute atomic E-state index is 12.2. The van der Waals surface area contributed by atoms with E-state index in [1.807, 2.05) is 0 Å². The minimum absolute atomic E-state index is 0.126. The highest BCUT2D eigenvalue weighted by Gasteiger charge is 2.11. The molecule has 3 aromatic rings. The Labute approximate surface area is 140 Å². The molecule has 0 saturated carbocycles. The van der Waals surface area contributed by atoms with Gasteiger partial charge in [0.15, 0.2) is 0 Å². The monoisotopic (exact) mass is 349 g/mol. The molecule has 116 valence electrons. The number of esters is 1. The largest absolute Gasteiger partial charge is 0.427 e. The summed E-state index contributed by atoms with van der Waals surface area (Å²) in [6.45, 7) is 1.28. The van der Waals surface area contributed by atoms with Crippen LogP contribution < -0.4 is 10.4 Å². The number of halogens is 2. The average Bonchev–Trinajstić information content (AvgIpc) is 2.50. The second kappa shape index (κ2) is 6.02. The maximum atomic E-state index is 12.2. The zero-order valence-corrected chi connectivity index (χ0v) is 13.3. The van der Waals surface area contributed by atoms with E-state index in [2.05, 4.69) is 4.98 Å². The third-order valence-corrected chi connectivity index (χ3v) is 3.77. The van der Waals surface area contributed by atoms with Crippen LogP contribution in [0.25, 0.3) is 22.4 Å². The van der Waals surface area contributed by atoms with E-state index in [1.54, 1.807) is 30.3 Å². The Bertz CT molecular complexity index is 981. The van der Waals surface area contributed by atoms with Crippen molar-refractivity contribution < 1.29 is 13.9 Å². The van der Waals surface area contributed by atoms with Crippen LogP contribution in [0.1, 0.15) is 6.92 Å². The number of hydrogen-bond acceptors (Lipinski definition) is 5. The van der Waals surface area contributed by atoms with E-state index >= 15 is 0 Å².